The van der Waals surface area contributed by atoms with E-state index in [4.69, 9.17) is 0 Å². The molecule has 0 bridgehead atoms. The number of anilines is 1. The van der Waals surface area contributed by atoms with Crippen LogP contribution in [0.3, 0.4) is 0 Å². The van der Waals surface area contributed by atoms with E-state index in [0.29, 0.717) is 6.54 Å². The Morgan fingerprint density at radius 2 is 2.09 bits per heavy atom. The molecule has 1 amide bonds. The Labute approximate surface area is 131 Å². The molecular formula is C15H17F3N4O. The van der Waals surface area contributed by atoms with Crippen LogP contribution in [0.5, 0.6) is 0 Å². The molecule has 0 unspecified atom stereocenters. The van der Waals surface area contributed by atoms with Crippen LogP contribution in [0.15, 0.2) is 24.3 Å². The number of aryl methyl sites for hydroxylation is 2. The number of nitrogens with one attached hydrogen (secondary N) is 2. The summed E-state index contributed by atoms with van der Waals surface area (Å²) in [7, 11) is 1.78. The van der Waals surface area contributed by atoms with E-state index >= 15 is 0 Å². The Balaban J connectivity index is 1.90. The first kappa shape index (κ1) is 16.9. The molecular weight excluding hydrogens is 309 g/mol. The number of benzene rings is 1. The van der Waals surface area contributed by atoms with Gasteiger partial charge in [-0.25, -0.2) is 13.2 Å². The number of halogens is 3. The molecule has 0 atom stereocenters. The highest BCUT2D eigenvalue weighted by molar-refractivity contribution is 5.94. The van der Waals surface area contributed by atoms with E-state index < -0.39 is 23.7 Å². The molecule has 2 rings (SSSR count). The second-order valence-corrected chi connectivity index (χ2v) is 4.99. The SMILES string of the molecule is Cc1cc(NCCNC(=O)c2cccc(C(F)F)c2F)n(C)n1. The lowest BCUT2D eigenvalue weighted by Gasteiger charge is -2.10. The van der Waals surface area contributed by atoms with Gasteiger partial charge in [-0.3, -0.25) is 9.48 Å². The number of carbonyl (C=O) groups is 1. The first-order chi connectivity index (χ1) is 10.9. The molecule has 0 aliphatic carbocycles. The summed E-state index contributed by atoms with van der Waals surface area (Å²) in [5.74, 6) is -1.13. The third-order valence-corrected chi connectivity index (χ3v) is 3.23. The van der Waals surface area contributed by atoms with Crippen LogP contribution in [-0.2, 0) is 7.05 Å². The monoisotopic (exact) mass is 326 g/mol. The summed E-state index contributed by atoms with van der Waals surface area (Å²) in [6, 6.07) is 5.21. The predicted molar refractivity (Wildman–Crippen MR) is 80.1 cm³/mol. The molecule has 0 saturated heterocycles. The van der Waals surface area contributed by atoms with Gasteiger partial charge < -0.3 is 10.6 Å². The predicted octanol–water partition coefficient (Wildman–Crippen LogP) is 2.65. The van der Waals surface area contributed by atoms with Gasteiger partial charge in [-0.1, -0.05) is 12.1 Å². The van der Waals surface area contributed by atoms with E-state index in [2.05, 4.69) is 15.7 Å². The van der Waals surface area contributed by atoms with Crippen molar-refractivity contribution < 1.29 is 18.0 Å². The minimum Gasteiger partial charge on any atom is -0.369 e. The van der Waals surface area contributed by atoms with Gasteiger partial charge in [0, 0.05) is 26.2 Å². The number of nitrogens with zero attached hydrogens (tertiary/aromatic N) is 2. The summed E-state index contributed by atoms with van der Waals surface area (Å²) in [4.78, 5) is 11.9. The summed E-state index contributed by atoms with van der Waals surface area (Å²) in [6.07, 6.45) is -2.96. The van der Waals surface area contributed by atoms with Crippen LogP contribution in [0.1, 0.15) is 28.0 Å². The van der Waals surface area contributed by atoms with Crippen molar-refractivity contribution in [2.45, 2.75) is 13.3 Å². The molecule has 0 aliphatic rings. The molecule has 2 aromatic rings. The highest BCUT2D eigenvalue weighted by Gasteiger charge is 2.19. The normalized spacial score (nSPS) is 10.9. The summed E-state index contributed by atoms with van der Waals surface area (Å²) in [5.41, 5.74) is -0.315. The zero-order valence-corrected chi connectivity index (χ0v) is 12.7. The minimum absolute atomic E-state index is 0.210. The van der Waals surface area contributed by atoms with Crippen LogP contribution < -0.4 is 10.6 Å². The largest absolute Gasteiger partial charge is 0.369 e. The maximum Gasteiger partial charge on any atom is 0.266 e. The molecule has 0 spiro atoms. The van der Waals surface area contributed by atoms with Crippen LogP contribution >= 0.6 is 0 Å². The quantitative estimate of drug-likeness (QED) is 0.803. The maximum absolute atomic E-state index is 13.8. The van der Waals surface area contributed by atoms with Gasteiger partial charge >= 0.3 is 0 Å². The highest BCUT2D eigenvalue weighted by atomic mass is 19.3. The highest BCUT2D eigenvalue weighted by Crippen LogP contribution is 2.23. The number of aromatic nitrogens is 2. The van der Waals surface area contributed by atoms with Crippen molar-refractivity contribution in [2.75, 3.05) is 18.4 Å². The van der Waals surface area contributed by atoms with Crippen molar-refractivity contribution in [3.8, 4) is 0 Å². The summed E-state index contributed by atoms with van der Waals surface area (Å²) >= 11 is 0. The number of rotatable bonds is 6. The second kappa shape index (κ2) is 7.17. The minimum atomic E-state index is -2.96. The molecule has 8 heteroatoms. The first-order valence-electron chi connectivity index (χ1n) is 6.99. The molecule has 1 aromatic heterocycles. The molecule has 2 N–H and O–H groups in total. The lowest BCUT2D eigenvalue weighted by molar-refractivity contribution is 0.0949. The Kier molecular flexibility index (Phi) is 5.25. The standard InChI is InChI=1S/C15H17F3N4O/c1-9-8-12(22(2)21-9)19-6-7-20-15(23)11-5-3-4-10(13(11)16)14(17)18/h3-5,8,14,19H,6-7H2,1-2H3,(H,20,23). The average Bonchev–Trinajstić information content (AvgIpc) is 2.81. The average molecular weight is 326 g/mol. The van der Waals surface area contributed by atoms with Gasteiger partial charge in [0.15, 0.2) is 0 Å². The molecule has 0 fully saturated rings. The summed E-state index contributed by atoms with van der Waals surface area (Å²) in [6.45, 7) is 2.45. The topological polar surface area (TPSA) is 58.9 Å². The van der Waals surface area contributed by atoms with Crippen molar-refractivity contribution in [3.05, 3.63) is 46.9 Å². The third kappa shape index (κ3) is 4.02. The van der Waals surface area contributed by atoms with Crippen molar-refractivity contribution in [1.82, 2.24) is 15.1 Å². The van der Waals surface area contributed by atoms with E-state index in [1.807, 2.05) is 13.0 Å². The molecule has 0 saturated carbocycles. The molecule has 124 valence electrons. The van der Waals surface area contributed by atoms with Crippen molar-refractivity contribution in [1.29, 1.82) is 0 Å². The molecule has 0 radical (unpaired) electrons. The van der Waals surface area contributed by atoms with Gasteiger partial charge in [0.2, 0.25) is 0 Å². The molecule has 23 heavy (non-hydrogen) atoms. The van der Waals surface area contributed by atoms with Crippen LogP contribution in [0.4, 0.5) is 19.0 Å². The van der Waals surface area contributed by atoms with Crippen LogP contribution in [0, 0.1) is 12.7 Å². The maximum atomic E-state index is 13.8. The second-order valence-electron chi connectivity index (χ2n) is 4.99. The van der Waals surface area contributed by atoms with E-state index in [9.17, 15) is 18.0 Å². The van der Waals surface area contributed by atoms with E-state index in [1.165, 1.54) is 12.1 Å². The fraction of sp³-hybridized carbons (Fsp3) is 0.333. The van der Waals surface area contributed by atoms with E-state index in [0.717, 1.165) is 17.6 Å². The van der Waals surface area contributed by atoms with Gasteiger partial charge in [0.05, 0.1) is 16.8 Å². The van der Waals surface area contributed by atoms with Crippen molar-refractivity contribution >= 4 is 11.7 Å². The van der Waals surface area contributed by atoms with Crippen molar-refractivity contribution in [2.24, 2.45) is 7.05 Å². The summed E-state index contributed by atoms with van der Waals surface area (Å²) < 4.78 is 40.7. The molecule has 0 aliphatic heterocycles. The Morgan fingerprint density at radius 1 is 1.35 bits per heavy atom. The zero-order chi connectivity index (χ0) is 17.0. The van der Waals surface area contributed by atoms with Gasteiger partial charge in [-0.05, 0) is 13.0 Å². The molecule has 1 aromatic carbocycles. The fourth-order valence-electron chi connectivity index (χ4n) is 2.13. The Hall–Kier alpha value is -2.51. The van der Waals surface area contributed by atoms with Gasteiger partial charge in [0.25, 0.3) is 12.3 Å². The van der Waals surface area contributed by atoms with Crippen LogP contribution in [0.25, 0.3) is 0 Å². The lowest BCUT2D eigenvalue weighted by Crippen LogP contribution is -2.30. The number of alkyl halides is 2. The number of carbonyl (C=O) groups excluding carboxylic acids is 1. The fourth-order valence-corrected chi connectivity index (χ4v) is 2.13. The first-order valence-corrected chi connectivity index (χ1v) is 6.99. The smallest absolute Gasteiger partial charge is 0.266 e. The Morgan fingerprint density at radius 3 is 2.70 bits per heavy atom. The van der Waals surface area contributed by atoms with Crippen LogP contribution in [-0.4, -0.2) is 28.8 Å². The zero-order valence-electron chi connectivity index (χ0n) is 12.7. The Bertz CT molecular complexity index is 700. The molecule has 5 nitrogen and oxygen atoms in total. The van der Waals surface area contributed by atoms with Crippen LogP contribution in [0.2, 0.25) is 0 Å². The number of amides is 1. The van der Waals surface area contributed by atoms with Crippen molar-refractivity contribution in [3.63, 3.8) is 0 Å². The van der Waals surface area contributed by atoms with Gasteiger partial charge in [0.1, 0.15) is 11.6 Å². The summed E-state index contributed by atoms with van der Waals surface area (Å²) in [5, 5.41) is 9.70. The number of hydrogen-bond acceptors (Lipinski definition) is 3. The third-order valence-electron chi connectivity index (χ3n) is 3.23. The number of hydrogen-bond donors (Lipinski definition) is 2. The van der Waals surface area contributed by atoms with Gasteiger partial charge in [-0.15, -0.1) is 0 Å². The van der Waals surface area contributed by atoms with E-state index in [1.54, 1.807) is 11.7 Å². The van der Waals surface area contributed by atoms with E-state index in [-0.39, 0.29) is 12.1 Å². The lowest BCUT2D eigenvalue weighted by atomic mass is 10.1. The van der Waals surface area contributed by atoms with Gasteiger partial charge in [-0.2, -0.15) is 5.10 Å². The molecule has 1 heterocycles.